The Bertz CT molecular complexity index is 2520. The smallest absolute Gasteiger partial charge is 0.0737 e. The third-order valence-electron chi connectivity index (χ3n) is 14.0. The molecule has 342 valence electrons. The molecule has 0 unspecified atom stereocenters. The zero-order chi connectivity index (χ0) is 46.1. The molecule has 7 rings (SSSR count). The first-order chi connectivity index (χ1) is 32.5. The van der Waals surface area contributed by atoms with Gasteiger partial charge in [0, 0.05) is 55.4 Å². The molecule has 3 aromatic heterocycles. The minimum atomic E-state index is 0.355. The molecule has 0 amide bonds. The summed E-state index contributed by atoms with van der Waals surface area (Å²) in [6.45, 7) is 9.20. The molecule has 66 heavy (non-hydrogen) atoms. The summed E-state index contributed by atoms with van der Waals surface area (Å²) in [4.78, 5) is 19.4. The Morgan fingerprint density at radius 2 is 0.727 bits per heavy atom. The largest absolute Gasteiger partial charge is 0.355 e. The lowest BCUT2D eigenvalue weighted by molar-refractivity contribution is 0.497. The molecular formula is C62H74N4. The van der Waals surface area contributed by atoms with Gasteiger partial charge in [-0.05, 0) is 121 Å². The predicted octanol–water partition coefficient (Wildman–Crippen LogP) is 18.0. The minimum absolute atomic E-state index is 0.355. The highest BCUT2D eigenvalue weighted by Crippen LogP contribution is 2.41. The number of aromatic nitrogens is 4. The molecule has 0 saturated carbocycles. The van der Waals surface area contributed by atoms with E-state index < -0.39 is 0 Å². The van der Waals surface area contributed by atoms with Gasteiger partial charge in [-0.2, -0.15) is 0 Å². The summed E-state index contributed by atoms with van der Waals surface area (Å²) in [5.41, 5.74) is 17.1. The number of aromatic amines is 2. The Labute approximate surface area is 397 Å². The third-order valence-corrected chi connectivity index (χ3v) is 14.0. The van der Waals surface area contributed by atoms with Crippen LogP contribution in [0.2, 0.25) is 0 Å². The molecular weight excluding hydrogens is 801 g/mol. The number of fused-ring (bicyclic) bond motifs is 8. The van der Waals surface area contributed by atoms with Crippen molar-refractivity contribution in [3.8, 4) is 46.9 Å². The molecule has 0 spiro atoms. The molecule has 2 aliphatic heterocycles. The average molecular weight is 875 g/mol. The predicted molar refractivity (Wildman–Crippen MR) is 286 cm³/mol. The van der Waals surface area contributed by atoms with Crippen LogP contribution >= 0.6 is 0 Å². The van der Waals surface area contributed by atoms with Crippen LogP contribution in [0.15, 0.2) is 72.8 Å². The van der Waals surface area contributed by atoms with E-state index >= 15 is 0 Å². The van der Waals surface area contributed by atoms with Gasteiger partial charge in [0.05, 0.1) is 22.8 Å². The zero-order valence-electron chi connectivity index (χ0n) is 40.6. The van der Waals surface area contributed by atoms with E-state index in [1.165, 1.54) is 114 Å². The Hall–Kier alpha value is -5.84. The van der Waals surface area contributed by atoms with Gasteiger partial charge >= 0.3 is 0 Å². The second-order valence-electron chi connectivity index (χ2n) is 18.8. The molecule has 0 aliphatic carbocycles. The number of hydrogen-bond donors (Lipinski definition) is 2. The first kappa shape index (κ1) is 48.1. The molecule has 0 fully saturated rings. The molecule has 0 atom stereocenters. The van der Waals surface area contributed by atoms with Gasteiger partial charge in [-0.25, -0.2) is 9.97 Å². The fourth-order valence-electron chi connectivity index (χ4n) is 10.3. The van der Waals surface area contributed by atoms with Crippen molar-refractivity contribution in [3.63, 3.8) is 0 Å². The number of nitrogens with zero attached hydrogens (tertiary/aromatic N) is 2. The maximum absolute atomic E-state index is 5.90. The number of H-pyrrole nitrogens is 2. The fraction of sp³-hybridized carbons (Fsp3) is 0.419. The van der Waals surface area contributed by atoms with Crippen LogP contribution < -0.4 is 0 Å². The number of hydrogen-bond acceptors (Lipinski definition) is 2. The first-order valence-electron chi connectivity index (χ1n) is 25.8. The van der Waals surface area contributed by atoms with E-state index in [4.69, 9.17) is 22.8 Å². The molecule has 4 heteroatoms. The quantitative estimate of drug-likeness (QED) is 0.0469. The van der Waals surface area contributed by atoms with E-state index in [-0.39, 0.29) is 0 Å². The molecule has 5 aromatic rings. The topological polar surface area (TPSA) is 57.4 Å². The van der Waals surface area contributed by atoms with Crippen LogP contribution in [-0.4, -0.2) is 19.9 Å². The van der Waals surface area contributed by atoms with Gasteiger partial charge in [-0.3, -0.25) is 0 Å². The van der Waals surface area contributed by atoms with Crippen LogP contribution in [0.5, 0.6) is 0 Å². The standard InChI is InChI=1S/C62H74N4/c1-7-13-17-21-25-47(26-22-18-14-8-2)59-51-37-41-55(63-51)61(49-33-29-45(11-5)30-34-49)57-43-39-53(65-57)60(48(27-23-19-15-9-3)28-24-20-16-10-4)54-40-44-58(66-54)62(56-42-38-52(59)64-56)50-35-31-46(12-6)32-36-50/h5-6,29-44,47-48,63,65H,7-10,13-28H2,1-4H3. The highest BCUT2D eigenvalue weighted by molar-refractivity contribution is 5.95. The monoisotopic (exact) mass is 875 g/mol. The molecule has 0 saturated heterocycles. The summed E-state index contributed by atoms with van der Waals surface area (Å²) >= 11 is 0. The van der Waals surface area contributed by atoms with Crippen LogP contribution in [-0.2, 0) is 0 Å². The van der Waals surface area contributed by atoms with Crippen molar-refractivity contribution in [2.75, 3.05) is 0 Å². The second kappa shape index (κ2) is 24.6. The van der Waals surface area contributed by atoms with Crippen molar-refractivity contribution in [2.45, 2.75) is 168 Å². The zero-order valence-corrected chi connectivity index (χ0v) is 40.6. The van der Waals surface area contributed by atoms with E-state index in [0.717, 1.165) is 104 Å². The van der Waals surface area contributed by atoms with Crippen molar-refractivity contribution < 1.29 is 0 Å². The van der Waals surface area contributed by atoms with E-state index in [9.17, 15) is 0 Å². The maximum atomic E-state index is 5.90. The third kappa shape index (κ3) is 11.9. The Morgan fingerprint density at radius 1 is 0.394 bits per heavy atom. The summed E-state index contributed by atoms with van der Waals surface area (Å²) in [7, 11) is 0. The fourth-order valence-corrected chi connectivity index (χ4v) is 10.3. The summed E-state index contributed by atoms with van der Waals surface area (Å²) in [6.07, 6.45) is 45.1. The highest BCUT2D eigenvalue weighted by atomic mass is 14.8. The molecule has 5 heterocycles. The van der Waals surface area contributed by atoms with Crippen molar-refractivity contribution in [1.82, 2.24) is 19.9 Å². The van der Waals surface area contributed by atoms with Crippen LogP contribution in [0, 0.1) is 24.7 Å². The van der Waals surface area contributed by atoms with Gasteiger partial charge in [0.15, 0.2) is 0 Å². The second-order valence-corrected chi connectivity index (χ2v) is 18.8. The lowest BCUT2D eigenvalue weighted by atomic mass is 9.87. The summed E-state index contributed by atoms with van der Waals surface area (Å²) in [6, 6.07) is 26.1. The number of unbranched alkanes of at least 4 members (excludes halogenated alkanes) is 12. The molecule has 0 radical (unpaired) electrons. The molecule has 2 N–H and O–H groups in total. The lowest BCUT2D eigenvalue weighted by Crippen LogP contribution is -2.04. The Balaban J connectivity index is 1.58. The van der Waals surface area contributed by atoms with Gasteiger partial charge in [-0.15, -0.1) is 12.8 Å². The Kier molecular flexibility index (Phi) is 17.9. The van der Waals surface area contributed by atoms with E-state index in [1.807, 2.05) is 12.1 Å². The summed E-state index contributed by atoms with van der Waals surface area (Å²) in [5, 5.41) is 0. The van der Waals surface area contributed by atoms with E-state index in [1.54, 1.807) is 0 Å². The molecule has 4 nitrogen and oxygen atoms in total. The van der Waals surface area contributed by atoms with Crippen LogP contribution in [0.25, 0.3) is 68.6 Å². The highest BCUT2D eigenvalue weighted by Gasteiger charge is 2.24. The molecule has 2 aromatic carbocycles. The van der Waals surface area contributed by atoms with Crippen molar-refractivity contribution >= 4 is 46.4 Å². The molecule has 8 bridgehead atoms. The number of nitrogens with one attached hydrogen (secondary N) is 2. The van der Waals surface area contributed by atoms with Crippen LogP contribution in [0.4, 0.5) is 0 Å². The van der Waals surface area contributed by atoms with Gasteiger partial charge < -0.3 is 9.97 Å². The molecule has 2 aliphatic rings. The summed E-state index contributed by atoms with van der Waals surface area (Å²) in [5.74, 6) is 6.38. The van der Waals surface area contributed by atoms with Gasteiger partial charge in [-0.1, -0.05) is 167 Å². The number of benzene rings is 2. The first-order valence-corrected chi connectivity index (χ1v) is 25.8. The maximum Gasteiger partial charge on any atom is 0.0737 e. The summed E-state index contributed by atoms with van der Waals surface area (Å²) < 4.78 is 0. The van der Waals surface area contributed by atoms with Crippen molar-refractivity contribution in [1.29, 1.82) is 0 Å². The van der Waals surface area contributed by atoms with Crippen molar-refractivity contribution in [2.24, 2.45) is 0 Å². The average Bonchev–Trinajstić information content (AvgIpc) is 4.20. The normalized spacial score (nSPS) is 12.1. The lowest BCUT2D eigenvalue weighted by Gasteiger charge is -2.19. The van der Waals surface area contributed by atoms with Crippen LogP contribution in [0.3, 0.4) is 0 Å². The van der Waals surface area contributed by atoms with Gasteiger partial charge in [0.1, 0.15) is 0 Å². The number of rotatable bonds is 24. The Morgan fingerprint density at radius 3 is 1.08 bits per heavy atom. The van der Waals surface area contributed by atoms with Gasteiger partial charge in [0.2, 0.25) is 0 Å². The van der Waals surface area contributed by atoms with Crippen LogP contribution in [0.1, 0.15) is 213 Å². The van der Waals surface area contributed by atoms with Crippen molar-refractivity contribution in [3.05, 3.63) is 118 Å². The van der Waals surface area contributed by atoms with Gasteiger partial charge in [0.25, 0.3) is 0 Å². The minimum Gasteiger partial charge on any atom is -0.355 e. The van der Waals surface area contributed by atoms with E-state index in [0.29, 0.717) is 11.8 Å². The van der Waals surface area contributed by atoms with E-state index in [2.05, 4.69) is 134 Å². The SMILES string of the molecule is C#Cc1ccc(-c2c3nc(c(C(CCCCCC)CCCCCC)c4ccc([nH]4)c(-c4ccc(C#C)cc4)c4ccc([nH]4)c(C(CCCCCC)CCCCCC)c4nc2C=C4)C=C3)cc1. The number of terminal acetylenes is 2.